The van der Waals surface area contributed by atoms with Crippen LogP contribution in [0, 0.1) is 19.7 Å². The van der Waals surface area contributed by atoms with Gasteiger partial charge in [-0.3, -0.25) is 10.1 Å². The molecule has 3 aromatic rings. The molecule has 0 fully saturated rings. The SMILES string of the molecule is Cc1cc(-c2csc(NC(=O)C3(C)CC(c4ccccc4F)=NO3)n2)c(C)s1. The lowest BCUT2D eigenvalue weighted by atomic mass is 9.95. The van der Waals surface area contributed by atoms with E-state index in [2.05, 4.69) is 35.4 Å². The number of aromatic nitrogens is 1. The van der Waals surface area contributed by atoms with E-state index >= 15 is 0 Å². The van der Waals surface area contributed by atoms with E-state index in [4.69, 9.17) is 4.84 Å². The fraction of sp³-hybridized carbons (Fsp3) is 0.250. The van der Waals surface area contributed by atoms with Crippen LogP contribution in [0.25, 0.3) is 11.3 Å². The van der Waals surface area contributed by atoms with Crippen LogP contribution in [0.3, 0.4) is 0 Å². The van der Waals surface area contributed by atoms with Gasteiger partial charge in [-0.2, -0.15) is 0 Å². The quantitative estimate of drug-likeness (QED) is 0.641. The Balaban J connectivity index is 1.47. The monoisotopic (exact) mass is 415 g/mol. The van der Waals surface area contributed by atoms with Crippen LogP contribution in [0.2, 0.25) is 0 Å². The largest absolute Gasteiger partial charge is 0.379 e. The van der Waals surface area contributed by atoms with Crippen LogP contribution < -0.4 is 5.32 Å². The van der Waals surface area contributed by atoms with Crippen LogP contribution in [0.4, 0.5) is 9.52 Å². The maximum atomic E-state index is 14.0. The zero-order valence-electron chi connectivity index (χ0n) is 15.6. The summed E-state index contributed by atoms with van der Waals surface area (Å²) in [6.45, 7) is 5.75. The van der Waals surface area contributed by atoms with Gasteiger partial charge in [-0.1, -0.05) is 23.4 Å². The standard InChI is InChI=1S/C20H18FN3O2S2/c1-11-8-14(12(2)28-11)17-10-27-19(22-17)23-18(25)20(3)9-16(24-26-20)13-6-4-5-7-15(13)21/h4-8,10H,9H2,1-3H3,(H,22,23,25). The average Bonchev–Trinajstić information content (AvgIpc) is 3.35. The van der Waals surface area contributed by atoms with E-state index in [1.165, 1.54) is 27.2 Å². The van der Waals surface area contributed by atoms with Crippen molar-refractivity contribution in [2.75, 3.05) is 5.32 Å². The molecule has 3 heterocycles. The summed E-state index contributed by atoms with van der Waals surface area (Å²) in [5.74, 6) is -0.748. The summed E-state index contributed by atoms with van der Waals surface area (Å²) in [5.41, 5.74) is 1.47. The van der Waals surface area contributed by atoms with Gasteiger partial charge in [-0.25, -0.2) is 9.37 Å². The number of nitrogens with zero attached hydrogens (tertiary/aromatic N) is 2. The molecule has 1 aliphatic rings. The van der Waals surface area contributed by atoms with Crippen molar-refractivity contribution >= 4 is 39.4 Å². The molecule has 0 spiro atoms. The highest BCUT2D eigenvalue weighted by Crippen LogP contribution is 2.34. The predicted molar refractivity (Wildman–Crippen MR) is 111 cm³/mol. The van der Waals surface area contributed by atoms with Crippen molar-refractivity contribution in [1.82, 2.24) is 4.98 Å². The Hall–Kier alpha value is -2.58. The zero-order valence-corrected chi connectivity index (χ0v) is 17.2. The number of benzene rings is 1. The van der Waals surface area contributed by atoms with E-state index in [0.717, 1.165) is 11.3 Å². The number of hydrogen-bond acceptors (Lipinski definition) is 6. The van der Waals surface area contributed by atoms with Gasteiger partial charge in [0.05, 0.1) is 11.4 Å². The van der Waals surface area contributed by atoms with E-state index in [9.17, 15) is 9.18 Å². The van der Waals surface area contributed by atoms with Crippen LogP contribution >= 0.6 is 22.7 Å². The summed E-state index contributed by atoms with van der Waals surface area (Å²) in [7, 11) is 0. The third kappa shape index (κ3) is 3.45. The van der Waals surface area contributed by atoms with Crippen molar-refractivity contribution in [3.05, 3.63) is 56.8 Å². The highest BCUT2D eigenvalue weighted by molar-refractivity contribution is 7.14. The molecule has 1 aromatic carbocycles. The van der Waals surface area contributed by atoms with Gasteiger partial charge in [0.25, 0.3) is 5.91 Å². The van der Waals surface area contributed by atoms with Crippen LogP contribution in [0.1, 0.15) is 28.7 Å². The number of aryl methyl sites for hydroxylation is 2. The molecule has 0 bridgehead atoms. The number of carbonyl (C=O) groups excluding carboxylic acids is 1. The van der Waals surface area contributed by atoms with Gasteiger partial charge >= 0.3 is 0 Å². The number of hydrogen-bond donors (Lipinski definition) is 1. The molecule has 1 N–H and O–H groups in total. The van der Waals surface area contributed by atoms with Crippen LogP contribution in [0.15, 0.2) is 40.9 Å². The second kappa shape index (κ2) is 7.10. The molecule has 0 radical (unpaired) electrons. The van der Waals surface area contributed by atoms with Crippen LogP contribution in [0.5, 0.6) is 0 Å². The first kappa shape index (κ1) is 18.8. The fourth-order valence-corrected chi connectivity index (χ4v) is 4.71. The minimum atomic E-state index is -1.21. The third-order valence-corrected chi connectivity index (χ3v) is 6.29. The molecule has 28 heavy (non-hydrogen) atoms. The summed E-state index contributed by atoms with van der Waals surface area (Å²) in [6.07, 6.45) is 0.181. The van der Waals surface area contributed by atoms with Crippen LogP contribution in [-0.4, -0.2) is 22.2 Å². The molecule has 1 aliphatic heterocycles. The normalized spacial score (nSPS) is 18.6. The molecular weight excluding hydrogens is 397 g/mol. The number of halogens is 1. The van der Waals surface area contributed by atoms with Crippen molar-refractivity contribution in [2.24, 2.45) is 5.16 Å². The number of anilines is 1. The average molecular weight is 416 g/mol. The van der Waals surface area contributed by atoms with Crippen molar-refractivity contribution in [3.8, 4) is 11.3 Å². The van der Waals surface area contributed by atoms with Crippen molar-refractivity contribution in [2.45, 2.75) is 32.8 Å². The summed E-state index contributed by atoms with van der Waals surface area (Å²) >= 11 is 3.07. The molecule has 4 rings (SSSR count). The Morgan fingerprint density at radius 3 is 2.79 bits per heavy atom. The molecule has 8 heteroatoms. The zero-order chi connectivity index (χ0) is 19.9. The van der Waals surface area contributed by atoms with Gasteiger partial charge in [-0.15, -0.1) is 22.7 Å². The molecule has 0 saturated heterocycles. The second-order valence-corrected chi connectivity index (χ2v) is 9.15. The van der Waals surface area contributed by atoms with E-state index < -0.39 is 5.60 Å². The smallest absolute Gasteiger partial charge is 0.273 e. The molecule has 1 unspecified atom stereocenters. The van der Waals surface area contributed by atoms with E-state index in [1.807, 2.05) is 5.38 Å². The van der Waals surface area contributed by atoms with E-state index in [-0.39, 0.29) is 18.1 Å². The lowest BCUT2D eigenvalue weighted by molar-refractivity contribution is -0.135. The highest BCUT2D eigenvalue weighted by Gasteiger charge is 2.43. The van der Waals surface area contributed by atoms with Gasteiger partial charge in [0, 0.05) is 32.7 Å². The lowest BCUT2D eigenvalue weighted by Gasteiger charge is -2.19. The van der Waals surface area contributed by atoms with E-state index in [0.29, 0.717) is 16.4 Å². The number of thiazole rings is 1. The minimum Gasteiger partial charge on any atom is -0.379 e. The molecule has 1 amide bonds. The number of carbonyl (C=O) groups is 1. The number of rotatable bonds is 4. The highest BCUT2D eigenvalue weighted by atomic mass is 32.1. The van der Waals surface area contributed by atoms with Crippen molar-refractivity contribution < 1.29 is 14.0 Å². The van der Waals surface area contributed by atoms with Crippen molar-refractivity contribution in [3.63, 3.8) is 0 Å². The Morgan fingerprint density at radius 2 is 2.07 bits per heavy atom. The first-order valence-electron chi connectivity index (χ1n) is 8.70. The van der Waals surface area contributed by atoms with Crippen molar-refractivity contribution in [1.29, 1.82) is 0 Å². The Bertz CT molecular complexity index is 1090. The summed E-state index contributed by atoms with van der Waals surface area (Å²) < 4.78 is 14.0. The lowest BCUT2D eigenvalue weighted by Crippen LogP contribution is -2.40. The fourth-order valence-electron chi connectivity index (χ4n) is 3.07. The molecule has 0 saturated carbocycles. The summed E-state index contributed by atoms with van der Waals surface area (Å²) in [5, 5.41) is 9.17. The molecule has 0 aliphatic carbocycles. The molecule has 144 valence electrons. The third-order valence-electron chi connectivity index (χ3n) is 4.57. The maximum absolute atomic E-state index is 14.0. The number of oxime groups is 1. The molecule has 1 atom stereocenters. The maximum Gasteiger partial charge on any atom is 0.273 e. The van der Waals surface area contributed by atoms with Gasteiger partial charge in [0.1, 0.15) is 5.82 Å². The molecule has 5 nitrogen and oxygen atoms in total. The minimum absolute atomic E-state index is 0.181. The topological polar surface area (TPSA) is 63.6 Å². The summed E-state index contributed by atoms with van der Waals surface area (Å²) in [6, 6.07) is 8.41. The molecular formula is C20H18FN3O2S2. The van der Waals surface area contributed by atoms with Gasteiger partial charge in [0.2, 0.25) is 5.60 Å². The Labute approximate surface area is 169 Å². The van der Waals surface area contributed by atoms with Gasteiger partial charge in [0.15, 0.2) is 5.13 Å². The summed E-state index contributed by atoms with van der Waals surface area (Å²) in [4.78, 5) is 25.1. The van der Waals surface area contributed by atoms with E-state index in [1.54, 1.807) is 36.5 Å². The first-order valence-corrected chi connectivity index (χ1v) is 10.4. The van der Waals surface area contributed by atoms with Gasteiger partial charge in [-0.05, 0) is 32.9 Å². The Morgan fingerprint density at radius 1 is 1.29 bits per heavy atom. The number of thiophene rings is 1. The van der Waals surface area contributed by atoms with Crippen LogP contribution in [-0.2, 0) is 9.63 Å². The molecule has 2 aromatic heterocycles. The number of amides is 1. The van der Waals surface area contributed by atoms with Gasteiger partial charge < -0.3 is 4.84 Å². The second-order valence-electron chi connectivity index (χ2n) is 6.84. The predicted octanol–water partition coefficient (Wildman–Crippen LogP) is 5.15. The first-order chi connectivity index (χ1) is 13.4. The number of nitrogens with one attached hydrogen (secondary N) is 1. The Kier molecular flexibility index (Phi) is 4.76.